The van der Waals surface area contributed by atoms with Gasteiger partial charge in [-0.3, -0.25) is 9.48 Å². The number of carbonyl (C=O) groups is 2. The minimum atomic E-state index is -0.856. The largest absolute Gasteiger partial charge is 0.481 e. The molecule has 0 spiro atoms. The summed E-state index contributed by atoms with van der Waals surface area (Å²) < 4.78 is 1.76. The number of nitrogens with one attached hydrogen (secondary N) is 2. The Bertz CT molecular complexity index is 430. The lowest BCUT2D eigenvalue weighted by atomic mass is 10.1. The zero-order valence-electron chi connectivity index (χ0n) is 11.2. The first-order valence-electron chi connectivity index (χ1n) is 6.19. The Morgan fingerprint density at radius 3 is 2.79 bits per heavy atom. The van der Waals surface area contributed by atoms with Crippen molar-refractivity contribution in [2.24, 2.45) is 13.0 Å². The molecule has 2 amide bonds. The molecule has 7 nitrogen and oxygen atoms in total. The van der Waals surface area contributed by atoms with Gasteiger partial charge >= 0.3 is 12.0 Å². The highest BCUT2D eigenvalue weighted by atomic mass is 16.4. The molecule has 1 unspecified atom stereocenters. The average molecular weight is 268 g/mol. The summed E-state index contributed by atoms with van der Waals surface area (Å²) in [5.41, 5.74) is 1.04. The van der Waals surface area contributed by atoms with Crippen molar-refractivity contribution < 1.29 is 14.7 Å². The zero-order valence-corrected chi connectivity index (χ0v) is 11.2. The van der Waals surface area contributed by atoms with Gasteiger partial charge in [0.2, 0.25) is 0 Å². The van der Waals surface area contributed by atoms with Gasteiger partial charge in [0.15, 0.2) is 0 Å². The van der Waals surface area contributed by atoms with E-state index in [2.05, 4.69) is 15.7 Å². The third kappa shape index (κ3) is 5.89. The Balaban J connectivity index is 2.14. The smallest absolute Gasteiger partial charge is 0.314 e. The van der Waals surface area contributed by atoms with E-state index < -0.39 is 5.97 Å². The van der Waals surface area contributed by atoms with E-state index in [0.717, 1.165) is 5.69 Å². The zero-order chi connectivity index (χ0) is 14.3. The quantitative estimate of drug-likeness (QED) is 0.665. The number of carboxylic acids is 1. The number of nitrogens with zero attached hydrogens (tertiary/aromatic N) is 2. The van der Waals surface area contributed by atoms with Crippen LogP contribution in [0.5, 0.6) is 0 Å². The second-order valence-corrected chi connectivity index (χ2v) is 4.54. The molecule has 0 saturated heterocycles. The molecule has 0 aliphatic heterocycles. The maximum Gasteiger partial charge on any atom is 0.314 e. The summed E-state index contributed by atoms with van der Waals surface area (Å²) in [6, 6.07) is 1.62. The number of carboxylic acid groups (broad SMARTS) is 1. The van der Waals surface area contributed by atoms with E-state index in [0.29, 0.717) is 19.5 Å². The van der Waals surface area contributed by atoms with Crippen LogP contribution in [0.1, 0.15) is 19.0 Å². The molecule has 106 valence electrons. The van der Waals surface area contributed by atoms with Gasteiger partial charge in [-0.25, -0.2) is 4.79 Å². The van der Waals surface area contributed by atoms with Crippen LogP contribution in [0.2, 0.25) is 0 Å². The molecule has 1 atom stereocenters. The first-order chi connectivity index (χ1) is 8.99. The fourth-order valence-electron chi connectivity index (χ4n) is 1.65. The van der Waals surface area contributed by atoms with Crippen LogP contribution in [-0.2, 0) is 18.3 Å². The predicted octanol–water partition coefficient (Wildman–Crippen LogP) is 0.373. The number of rotatable bonds is 7. The molecule has 1 aromatic rings. The molecule has 0 saturated carbocycles. The molecule has 3 N–H and O–H groups in total. The van der Waals surface area contributed by atoms with E-state index in [1.54, 1.807) is 17.8 Å². The van der Waals surface area contributed by atoms with Crippen molar-refractivity contribution in [1.82, 2.24) is 20.4 Å². The third-order valence-corrected chi connectivity index (χ3v) is 2.72. The highest BCUT2D eigenvalue weighted by molar-refractivity contribution is 5.74. The van der Waals surface area contributed by atoms with Crippen molar-refractivity contribution in [3.63, 3.8) is 0 Å². The fraction of sp³-hybridized carbons (Fsp3) is 0.583. The SMILES string of the molecule is CC(CNC(=O)NCCc1ccnn1C)CC(=O)O. The Kier molecular flexibility index (Phi) is 5.84. The molecule has 0 radical (unpaired) electrons. The topological polar surface area (TPSA) is 96.3 Å². The van der Waals surface area contributed by atoms with E-state index in [4.69, 9.17) is 5.11 Å². The molecule has 1 heterocycles. The van der Waals surface area contributed by atoms with Gasteiger partial charge in [-0.15, -0.1) is 0 Å². The molecule has 0 aromatic carbocycles. The number of hydrogen-bond acceptors (Lipinski definition) is 3. The lowest BCUT2D eigenvalue weighted by Crippen LogP contribution is -2.39. The van der Waals surface area contributed by atoms with Gasteiger partial charge in [0.25, 0.3) is 0 Å². The minimum Gasteiger partial charge on any atom is -0.481 e. The Morgan fingerprint density at radius 1 is 1.47 bits per heavy atom. The molecule has 0 fully saturated rings. The monoisotopic (exact) mass is 268 g/mol. The third-order valence-electron chi connectivity index (χ3n) is 2.72. The predicted molar refractivity (Wildman–Crippen MR) is 69.7 cm³/mol. The summed E-state index contributed by atoms with van der Waals surface area (Å²) in [7, 11) is 1.85. The van der Waals surface area contributed by atoms with Gasteiger partial charge in [-0.1, -0.05) is 6.92 Å². The Morgan fingerprint density at radius 2 is 2.21 bits per heavy atom. The number of urea groups is 1. The maximum absolute atomic E-state index is 11.5. The van der Waals surface area contributed by atoms with Crippen LogP contribution in [0.15, 0.2) is 12.3 Å². The molecule has 7 heteroatoms. The fourth-order valence-corrected chi connectivity index (χ4v) is 1.65. The van der Waals surface area contributed by atoms with E-state index >= 15 is 0 Å². The molecule has 19 heavy (non-hydrogen) atoms. The van der Waals surface area contributed by atoms with Gasteiger partial charge in [-0.2, -0.15) is 5.10 Å². The summed E-state index contributed by atoms with van der Waals surface area (Å²) in [5, 5.41) is 18.0. The van der Waals surface area contributed by atoms with Gasteiger partial charge in [-0.05, 0) is 12.0 Å². The lowest BCUT2D eigenvalue weighted by Gasteiger charge is -2.11. The van der Waals surface area contributed by atoms with E-state index in [1.807, 2.05) is 13.1 Å². The minimum absolute atomic E-state index is 0.0509. The maximum atomic E-state index is 11.5. The van der Waals surface area contributed by atoms with E-state index in [-0.39, 0.29) is 18.4 Å². The van der Waals surface area contributed by atoms with Crippen LogP contribution in [0, 0.1) is 5.92 Å². The first-order valence-corrected chi connectivity index (χ1v) is 6.19. The Hall–Kier alpha value is -2.05. The molecule has 0 aliphatic rings. The number of amides is 2. The highest BCUT2D eigenvalue weighted by Gasteiger charge is 2.09. The van der Waals surface area contributed by atoms with Crippen molar-refractivity contribution in [1.29, 1.82) is 0 Å². The van der Waals surface area contributed by atoms with Crippen LogP contribution in [0.3, 0.4) is 0 Å². The van der Waals surface area contributed by atoms with Gasteiger partial charge in [0, 0.05) is 44.9 Å². The highest BCUT2D eigenvalue weighted by Crippen LogP contribution is 1.99. The summed E-state index contributed by atoms with van der Waals surface area (Å²) in [5.74, 6) is -0.939. The van der Waals surface area contributed by atoms with Crippen LogP contribution < -0.4 is 10.6 Å². The lowest BCUT2D eigenvalue weighted by molar-refractivity contribution is -0.137. The summed E-state index contributed by atoms with van der Waals surface area (Å²) in [4.78, 5) is 21.9. The van der Waals surface area contributed by atoms with Crippen molar-refractivity contribution in [3.05, 3.63) is 18.0 Å². The van der Waals surface area contributed by atoms with Gasteiger partial charge in [0.1, 0.15) is 0 Å². The van der Waals surface area contributed by atoms with Gasteiger partial charge in [0.05, 0.1) is 0 Å². The number of aryl methyl sites for hydroxylation is 1. The van der Waals surface area contributed by atoms with Crippen molar-refractivity contribution in [2.45, 2.75) is 19.8 Å². The van der Waals surface area contributed by atoms with Crippen LogP contribution in [-0.4, -0.2) is 40.0 Å². The van der Waals surface area contributed by atoms with E-state index in [9.17, 15) is 9.59 Å². The van der Waals surface area contributed by atoms with Crippen molar-refractivity contribution in [3.8, 4) is 0 Å². The standard InChI is InChI=1S/C12H20N4O3/c1-9(7-11(17)18)8-14-12(19)13-5-3-10-4-6-15-16(10)2/h4,6,9H,3,5,7-8H2,1-2H3,(H,17,18)(H2,13,14,19). The van der Waals surface area contributed by atoms with Gasteiger partial charge < -0.3 is 15.7 Å². The second kappa shape index (κ2) is 7.40. The molecule has 1 rings (SSSR count). The Labute approximate surface area is 112 Å². The summed E-state index contributed by atoms with van der Waals surface area (Å²) in [6.45, 7) is 2.65. The number of hydrogen-bond donors (Lipinski definition) is 3. The van der Waals surface area contributed by atoms with Crippen LogP contribution >= 0.6 is 0 Å². The molecular weight excluding hydrogens is 248 g/mol. The molecule has 1 aromatic heterocycles. The van der Waals surface area contributed by atoms with Crippen LogP contribution in [0.25, 0.3) is 0 Å². The second-order valence-electron chi connectivity index (χ2n) is 4.54. The number of carbonyl (C=O) groups excluding carboxylic acids is 1. The van der Waals surface area contributed by atoms with E-state index in [1.165, 1.54) is 0 Å². The molecule has 0 bridgehead atoms. The normalized spacial score (nSPS) is 11.9. The van der Waals surface area contributed by atoms with Crippen molar-refractivity contribution in [2.75, 3.05) is 13.1 Å². The average Bonchev–Trinajstić information content (AvgIpc) is 2.72. The molecular formula is C12H20N4O3. The first kappa shape index (κ1) is 15.0. The molecule has 0 aliphatic carbocycles. The number of aliphatic carboxylic acids is 1. The van der Waals surface area contributed by atoms with Crippen molar-refractivity contribution >= 4 is 12.0 Å². The summed E-state index contributed by atoms with van der Waals surface area (Å²) >= 11 is 0. The summed E-state index contributed by atoms with van der Waals surface area (Å²) in [6.07, 6.45) is 2.47. The van der Waals surface area contributed by atoms with Crippen LogP contribution in [0.4, 0.5) is 4.79 Å². The number of aromatic nitrogens is 2.